The van der Waals surface area contributed by atoms with Crippen molar-refractivity contribution < 1.29 is 70.7 Å². The fraction of sp³-hybridized carbons (Fsp3) is 0.714. The molecule has 0 aromatic rings. The highest BCUT2D eigenvalue weighted by molar-refractivity contribution is 7.87. The van der Waals surface area contributed by atoms with Gasteiger partial charge in [-0.2, -0.15) is 52.3 Å². The molecule has 0 N–H and O–H groups in total. The Morgan fingerprint density at radius 2 is 1.25 bits per heavy atom. The van der Waals surface area contributed by atoms with Gasteiger partial charge in [-0.15, -0.1) is 0 Å². The first kappa shape index (κ1) is 22.6. The lowest BCUT2D eigenvalue weighted by Gasteiger charge is -2.36. The van der Waals surface area contributed by atoms with Gasteiger partial charge in [0.15, 0.2) is 0 Å². The van der Waals surface area contributed by atoms with E-state index in [1.54, 1.807) is 4.74 Å². The summed E-state index contributed by atoms with van der Waals surface area (Å²) < 4.78 is 165. The van der Waals surface area contributed by atoms with Crippen LogP contribution in [0.2, 0.25) is 0 Å². The molecule has 0 saturated carbocycles. The van der Waals surface area contributed by atoms with E-state index in [1.807, 2.05) is 0 Å². The molecule has 0 aliphatic rings. The first-order valence-electron chi connectivity index (χ1n) is 4.75. The maximum atomic E-state index is 13.4. The van der Waals surface area contributed by atoms with Gasteiger partial charge in [0.1, 0.15) is 0 Å². The summed E-state index contributed by atoms with van der Waals surface area (Å²) in [5.74, 6) is -7.01. The van der Waals surface area contributed by atoms with Crippen molar-refractivity contribution >= 4 is 10.1 Å². The van der Waals surface area contributed by atoms with Crippen molar-refractivity contribution in [3.05, 3.63) is 12.8 Å². The molecule has 0 radical (unpaired) electrons. The van der Waals surface area contributed by atoms with Gasteiger partial charge in [-0.05, 0) is 4.53 Å². The van der Waals surface area contributed by atoms with Crippen LogP contribution >= 0.6 is 0 Å². The van der Waals surface area contributed by atoms with Gasteiger partial charge in [-0.3, -0.25) is 4.74 Å². The highest BCUT2D eigenvalue weighted by atomic mass is 32.2. The predicted molar refractivity (Wildman–Crippen MR) is 48.2 cm³/mol. The maximum absolute atomic E-state index is 13.4. The van der Waals surface area contributed by atoms with E-state index in [1.165, 1.54) is 4.39 Å². The van der Waals surface area contributed by atoms with Crippen LogP contribution in [0.25, 0.3) is 0 Å². The molecular formula is C7H3F11O5S. The average molecular weight is 408 g/mol. The van der Waals surface area contributed by atoms with Crippen LogP contribution in [0.3, 0.4) is 0 Å². The van der Waals surface area contributed by atoms with E-state index in [2.05, 4.69) is 11.3 Å². The van der Waals surface area contributed by atoms with Gasteiger partial charge in [0.25, 0.3) is 0 Å². The van der Waals surface area contributed by atoms with Crippen molar-refractivity contribution in [1.29, 1.82) is 0 Å². The number of rotatable bonds is 8. The summed E-state index contributed by atoms with van der Waals surface area (Å²) in [7, 11) is -7.35. The van der Waals surface area contributed by atoms with Crippen LogP contribution in [0.15, 0.2) is 12.8 Å². The number of halogens is 11. The van der Waals surface area contributed by atoms with E-state index >= 15 is 0 Å². The largest absolute Gasteiger partial charge is 0.468 e. The van der Waals surface area contributed by atoms with Crippen molar-refractivity contribution in [3.63, 3.8) is 0 Å². The third-order valence-electron chi connectivity index (χ3n) is 1.97. The van der Waals surface area contributed by atoms with E-state index in [-0.39, 0.29) is 0 Å². The van der Waals surface area contributed by atoms with Crippen LogP contribution in [0.1, 0.15) is 0 Å². The molecule has 0 rings (SSSR count). The van der Waals surface area contributed by atoms with Crippen LogP contribution in [-0.4, -0.2) is 37.9 Å². The molecule has 24 heavy (non-hydrogen) atoms. The molecule has 5 nitrogen and oxygen atoms in total. The summed E-state index contributed by atoms with van der Waals surface area (Å²) in [5, 5.41) is -7.05. The quantitative estimate of drug-likeness (QED) is 0.455. The zero-order valence-electron chi connectivity index (χ0n) is 10.4. The Kier molecular flexibility index (Phi) is 5.82. The molecule has 0 amide bonds. The lowest BCUT2D eigenvalue weighted by atomic mass is 10.2. The molecule has 0 aliphatic carbocycles. The van der Waals surface area contributed by atoms with Gasteiger partial charge in [-0.25, -0.2) is 0 Å². The van der Waals surface area contributed by atoms with Crippen LogP contribution in [-0.2, 0) is 24.0 Å². The molecule has 144 valence electrons. The molecule has 0 spiro atoms. The van der Waals surface area contributed by atoms with Gasteiger partial charge in [0, 0.05) is 0 Å². The minimum Gasteiger partial charge on any atom is -0.437 e. The highest BCUT2D eigenvalue weighted by Gasteiger charge is 2.82. The normalized spacial score (nSPS) is 17.3. The predicted octanol–water partition coefficient (Wildman–Crippen LogP) is 3.40. The Balaban J connectivity index is 6.23. The Hall–Kier alpha value is -1.36. The SMILES string of the molecule is C=COC(F)(F)C(F)(OC(F)(F)C(F)(F)S(=O)(=O)OF)C(F)(F)F. The van der Waals surface area contributed by atoms with Crippen LogP contribution in [0, 0.1) is 0 Å². The molecule has 0 saturated heterocycles. The zero-order valence-corrected chi connectivity index (χ0v) is 11.2. The van der Waals surface area contributed by atoms with Gasteiger partial charge < -0.3 is 4.74 Å². The number of hydrogen-bond donors (Lipinski definition) is 0. The van der Waals surface area contributed by atoms with Gasteiger partial charge in [0.2, 0.25) is 0 Å². The second-order valence-corrected chi connectivity index (χ2v) is 5.09. The van der Waals surface area contributed by atoms with E-state index in [0.29, 0.717) is 0 Å². The minimum absolute atomic E-state index is 0.596. The Morgan fingerprint density at radius 1 is 0.833 bits per heavy atom. The second-order valence-electron chi connectivity index (χ2n) is 3.55. The Labute approximate surface area is 124 Å². The summed E-state index contributed by atoms with van der Waals surface area (Å²) >= 11 is 0. The molecule has 1 atom stereocenters. The standard InChI is InChI=1S/C7H3F11O5S/c1-2-21-5(12,13)3(8,4(9,10)11)22-6(14,15)7(16,17)24(19,20)23-18/h2H,1H2. The Morgan fingerprint density at radius 3 is 1.54 bits per heavy atom. The van der Waals surface area contributed by atoms with E-state index < -0.39 is 45.9 Å². The number of hydrogen-bond acceptors (Lipinski definition) is 5. The molecule has 0 bridgehead atoms. The smallest absolute Gasteiger partial charge is 0.437 e. The molecule has 17 heteroatoms. The maximum Gasteiger partial charge on any atom is 0.468 e. The van der Waals surface area contributed by atoms with Crippen LogP contribution in [0.5, 0.6) is 0 Å². The molecule has 0 aromatic carbocycles. The van der Waals surface area contributed by atoms with Crippen LogP contribution in [0.4, 0.5) is 48.4 Å². The summed E-state index contributed by atoms with van der Waals surface area (Å²) in [5.41, 5.74) is 0. The lowest BCUT2D eigenvalue weighted by Crippen LogP contribution is -2.64. The molecule has 0 fully saturated rings. The van der Waals surface area contributed by atoms with E-state index in [9.17, 15) is 56.8 Å². The molecule has 1 unspecified atom stereocenters. The fourth-order valence-corrected chi connectivity index (χ4v) is 1.30. The molecule has 0 aliphatic heterocycles. The highest BCUT2D eigenvalue weighted by Crippen LogP contribution is 2.53. The summed E-state index contributed by atoms with van der Waals surface area (Å²) in [6.45, 7) is 2.25. The van der Waals surface area contributed by atoms with Crippen molar-refractivity contribution in [1.82, 2.24) is 0 Å². The monoisotopic (exact) mass is 408 g/mol. The second kappa shape index (κ2) is 6.17. The lowest BCUT2D eigenvalue weighted by molar-refractivity contribution is -0.507. The topological polar surface area (TPSA) is 61.8 Å². The third-order valence-corrected chi connectivity index (χ3v) is 3.01. The first-order chi connectivity index (χ1) is 10.3. The summed E-state index contributed by atoms with van der Waals surface area (Å²) in [4.78, 5) is 0. The van der Waals surface area contributed by atoms with Gasteiger partial charge in [0.05, 0.1) is 6.26 Å². The zero-order chi connectivity index (χ0) is 19.8. The molecular weight excluding hydrogens is 405 g/mol. The van der Waals surface area contributed by atoms with Crippen molar-refractivity contribution in [2.24, 2.45) is 0 Å². The van der Waals surface area contributed by atoms with E-state index in [4.69, 9.17) is 0 Å². The number of alkyl halides is 10. The molecule has 0 aromatic heterocycles. The van der Waals surface area contributed by atoms with Crippen molar-refractivity contribution in [3.8, 4) is 0 Å². The first-order valence-corrected chi connectivity index (χ1v) is 6.16. The summed E-state index contributed by atoms with van der Waals surface area (Å²) in [6, 6.07) is 0. The van der Waals surface area contributed by atoms with Crippen molar-refractivity contribution in [2.45, 2.75) is 29.5 Å². The third kappa shape index (κ3) is 3.51. The summed E-state index contributed by atoms with van der Waals surface area (Å²) in [6.07, 6.45) is -21.4. The Bertz CT molecular complexity index is 570. The van der Waals surface area contributed by atoms with Gasteiger partial charge in [-0.1, -0.05) is 11.0 Å². The van der Waals surface area contributed by atoms with E-state index in [0.717, 1.165) is 0 Å². The molecule has 0 heterocycles. The fourth-order valence-electron chi connectivity index (χ4n) is 0.884. The van der Waals surface area contributed by atoms with Gasteiger partial charge >= 0.3 is 39.6 Å². The van der Waals surface area contributed by atoms with Crippen molar-refractivity contribution in [2.75, 3.05) is 0 Å². The number of ether oxygens (including phenoxy) is 2. The average Bonchev–Trinajstić information content (AvgIpc) is 2.36. The van der Waals surface area contributed by atoms with Crippen LogP contribution < -0.4 is 0 Å². The minimum atomic E-state index is -7.35.